The van der Waals surface area contributed by atoms with Crippen molar-refractivity contribution in [3.05, 3.63) is 41.5 Å². The van der Waals surface area contributed by atoms with Gasteiger partial charge in [0.15, 0.2) is 0 Å². The highest BCUT2D eigenvalue weighted by Crippen LogP contribution is 2.38. The van der Waals surface area contributed by atoms with E-state index in [9.17, 15) is 0 Å². The highest BCUT2D eigenvalue weighted by molar-refractivity contribution is 5.71. The Kier molecular flexibility index (Phi) is 4.21. The van der Waals surface area contributed by atoms with Crippen molar-refractivity contribution in [2.75, 3.05) is 0 Å². The van der Waals surface area contributed by atoms with E-state index < -0.39 is 0 Å². The van der Waals surface area contributed by atoms with Crippen LogP contribution in [0.25, 0.3) is 5.57 Å². The van der Waals surface area contributed by atoms with Crippen LogP contribution in [0.15, 0.2) is 35.9 Å². The van der Waals surface area contributed by atoms with Gasteiger partial charge in [0, 0.05) is 0 Å². The monoisotopic (exact) mass is 214 g/mol. The van der Waals surface area contributed by atoms with Crippen molar-refractivity contribution in [3.63, 3.8) is 0 Å². The second kappa shape index (κ2) is 5.89. The largest absolute Gasteiger partial charge is 0.0658 e. The van der Waals surface area contributed by atoms with E-state index in [1.54, 1.807) is 11.1 Å². The molecule has 0 aromatic heterocycles. The van der Waals surface area contributed by atoms with E-state index >= 15 is 0 Å². The fraction of sp³-hybridized carbons (Fsp3) is 0.500. The molecule has 0 amide bonds. The maximum absolute atomic E-state index is 2.28. The van der Waals surface area contributed by atoms with Gasteiger partial charge < -0.3 is 0 Å². The zero-order valence-electron chi connectivity index (χ0n) is 10.3. The molecule has 16 heavy (non-hydrogen) atoms. The molecule has 1 fully saturated rings. The summed E-state index contributed by atoms with van der Waals surface area (Å²) in [5.41, 5.74) is 4.82. The maximum Gasteiger partial charge on any atom is -0.0225 e. The van der Waals surface area contributed by atoms with E-state index in [0.717, 1.165) is 0 Å². The number of hydrogen-bond donors (Lipinski definition) is 0. The zero-order valence-corrected chi connectivity index (χ0v) is 10.3. The molecule has 1 saturated carbocycles. The Morgan fingerprint density at radius 1 is 1.00 bits per heavy atom. The minimum atomic E-state index is 1.29. The average Bonchev–Trinajstić information content (AvgIpc) is 3.15. The van der Waals surface area contributed by atoms with Gasteiger partial charge >= 0.3 is 0 Å². The number of benzene rings is 1. The van der Waals surface area contributed by atoms with Gasteiger partial charge in [-0.1, -0.05) is 62.1 Å². The van der Waals surface area contributed by atoms with Gasteiger partial charge in [-0.15, -0.1) is 0 Å². The highest BCUT2D eigenvalue weighted by Gasteiger charge is 2.18. The van der Waals surface area contributed by atoms with Crippen LogP contribution < -0.4 is 0 Å². The summed E-state index contributed by atoms with van der Waals surface area (Å²) in [6.45, 7) is 2.28. The Bertz CT molecular complexity index is 340. The first-order valence-corrected chi connectivity index (χ1v) is 6.68. The molecule has 0 saturated heterocycles. The molecule has 86 valence electrons. The molecule has 2 rings (SSSR count). The number of unbranched alkanes of at least 4 members (excludes halogenated alkanes) is 3. The molecule has 1 aliphatic rings. The molecular weight excluding hydrogens is 192 g/mol. The van der Waals surface area contributed by atoms with Gasteiger partial charge in [0.05, 0.1) is 0 Å². The van der Waals surface area contributed by atoms with Gasteiger partial charge in [-0.05, 0) is 36.8 Å². The molecule has 1 aromatic carbocycles. The predicted molar refractivity (Wildman–Crippen MR) is 71.4 cm³/mol. The lowest BCUT2D eigenvalue weighted by atomic mass is 9.98. The highest BCUT2D eigenvalue weighted by atomic mass is 14.2. The van der Waals surface area contributed by atoms with Gasteiger partial charge in [0.1, 0.15) is 0 Å². The summed E-state index contributed by atoms with van der Waals surface area (Å²) in [4.78, 5) is 0. The van der Waals surface area contributed by atoms with Crippen LogP contribution in [0.1, 0.15) is 57.4 Å². The second-order valence-electron chi connectivity index (χ2n) is 4.76. The van der Waals surface area contributed by atoms with Gasteiger partial charge in [-0.2, -0.15) is 0 Å². The average molecular weight is 214 g/mol. The minimum Gasteiger partial charge on any atom is -0.0658 e. The standard InChI is InChI=1S/C16H22/c1-2-3-4-8-11-16(15-12-13-15)14-9-6-5-7-10-14/h5-7,9-10H,2-4,8,11-13H2,1H3. The SMILES string of the molecule is CCCCCCC(=C1CC1)c1ccccc1. The topological polar surface area (TPSA) is 0 Å². The molecule has 1 aliphatic carbocycles. The van der Waals surface area contributed by atoms with E-state index in [2.05, 4.69) is 37.3 Å². The van der Waals surface area contributed by atoms with Crippen LogP contribution in [-0.2, 0) is 0 Å². The Labute approximate surface area is 99.4 Å². The van der Waals surface area contributed by atoms with Crippen LogP contribution in [-0.4, -0.2) is 0 Å². The van der Waals surface area contributed by atoms with Crippen LogP contribution in [0.2, 0.25) is 0 Å². The molecular formula is C16H22. The summed E-state index contributed by atoms with van der Waals surface area (Å²) in [6, 6.07) is 10.9. The summed E-state index contributed by atoms with van der Waals surface area (Å²) in [7, 11) is 0. The van der Waals surface area contributed by atoms with E-state index in [1.807, 2.05) is 0 Å². The molecule has 0 radical (unpaired) electrons. The normalized spacial score (nSPS) is 13.9. The van der Waals surface area contributed by atoms with Gasteiger partial charge in [0.25, 0.3) is 0 Å². The lowest BCUT2D eigenvalue weighted by molar-refractivity contribution is 0.678. The summed E-state index contributed by atoms with van der Waals surface area (Å²) < 4.78 is 0. The zero-order chi connectivity index (χ0) is 11.2. The first kappa shape index (κ1) is 11.4. The Hall–Kier alpha value is -1.04. The van der Waals surface area contributed by atoms with Crippen molar-refractivity contribution in [3.8, 4) is 0 Å². The number of hydrogen-bond acceptors (Lipinski definition) is 0. The third-order valence-electron chi connectivity index (χ3n) is 3.33. The van der Waals surface area contributed by atoms with Crippen molar-refractivity contribution in [2.24, 2.45) is 0 Å². The summed E-state index contributed by atoms with van der Waals surface area (Å²) >= 11 is 0. The van der Waals surface area contributed by atoms with Gasteiger partial charge in [0.2, 0.25) is 0 Å². The molecule has 0 atom stereocenters. The molecule has 1 aromatic rings. The van der Waals surface area contributed by atoms with Crippen molar-refractivity contribution in [1.82, 2.24) is 0 Å². The molecule has 0 bridgehead atoms. The molecule has 0 N–H and O–H groups in total. The lowest BCUT2D eigenvalue weighted by Gasteiger charge is -2.07. The van der Waals surface area contributed by atoms with E-state index in [-0.39, 0.29) is 0 Å². The molecule has 0 spiro atoms. The third kappa shape index (κ3) is 3.23. The Balaban J connectivity index is 1.95. The fourth-order valence-corrected chi connectivity index (χ4v) is 2.26. The van der Waals surface area contributed by atoms with Crippen molar-refractivity contribution >= 4 is 5.57 Å². The lowest BCUT2D eigenvalue weighted by Crippen LogP contribution is -1.86. The van der Waals surface area contributed by atoms with Gasteiger partial charge in [-0.25, -0.2) is 0 Å². The van der Waals surface area contributed by atoms with Crippen LogP contribution in [0.4, 0.5) is 0 Å². The van der Waals surface area contributed by atoms with Crippen molar-refractivity contribution in [1.29, 1.82) is 0 Å². The van der Waals surface area contributed by atoms with Crippen molar-refractivity contribution in [2.45, 2.75) is 51.9 Å². The second-order valence-corrected chi connectivity index (χ2v) is 4.76. The fourth-order valence-electron chi connectivity index (χ4n) is 2.26. The van der Waals surface area contributed by atoms with Crippen LogP contribution in [0, 0.1) is 0 Å². The Morgan fingerprint density at radius 3 is 2.38 bits per heavy atom. The van der Waals surface area contributed by atoms with Crippen molar-refractivity contribution < 1.29 is 0 Å². The smallest absolute Gasteiger partial charge is 0.0225 e. The predicted octanol–water partition coefficient (Wildman–Crippen LogP) is 5.20. The van der Waals surface area contributed by atoms with E-state index in [1.165, 1.54) is 50.5 Å². The van der Waals surface area contributed by atoms with Crippen LogP contribution in [0.5, 0.6) is 0 Å². The summed E-state index contributed by atoms with van der Waals surface area (Å²) in [5, 5.41) is 0. The summed E-state index contributed by atoms with van der Waals surface area (Å²) in [6.07, 6.45) is 9.45. The van der Waals surface area contributed by atoms with Gasteiger partial charge in [-0.3, -0.25) is 0 Å². The first-order chi connectivity index (χ1) is 7.92. The molecule has 0 heteroatoms. The molecule has 0 unspecified atom stereocenters. The molecule has 0 heterocycles. The number of allylic oxidation sites excluding steroid dienone is 2. The summed E-state index contributed by atoms with van der Waals surface area (Å²) in [5.74, 6) is 0. The molecule has 0 aliphatic heterocycles. The minimum absolute atomic E-state index is 1.29. The number of rotatable bonds is 6. The van der Waals surface area contributed by atoms with Crippen LogP contribution in [0.3, 0.4) is 0 Å². The molecule has 0 nitrogen and oxygen atoms in total. The first-order valence-electron chi connectivity index (χ1n) is 6.68. The Morgan fingerprint density at radius 2 is 1.75 bits per heavy atom. The van der Waals surface area contributed by atoms with E-state index in [4.69, 9.17) is 0 Å². The third-order valence-corrected chi connectivity index (χ3v) is 3.33. The van der Waals surface area contributed by atoms with Crippen LogP contribution >= 0.6 is 0 Å². The van der Waals surface area contributed by atoms with E-state index in [0.29, 0.717) is 0 Å². The quantitative estimate of drug-likeness (QED) is 0.571. The maximum atomic E-state index is 2.28.